The van der Waals surface area contributed by atoms with Crippen molar-refractivity contribution in [2.45, 2.75) is 26.4 Å². The number of hydrogen-bond donors (Lipinski definition) is 0. The average Bonchev–Trinajstić information content (AvgIpc) is 2.64. The Bertz CT molecular complexity index is 794. The molecule has 0 aliphatic carbocycles. The van der Waals surface area contributed by atoms with Crippen molar-refractivity contribution < 1.29 is 19.1 Å². The molecule has 0 N–H and O–H groups in total. The molecule has 1 fully saturated rings. The minimum absolute atomic E-state index is 0.263. The van der Waals surface area contributed by atoms with Gasteiger partial charge in [0.05, 0.1) is 11.6 Å². The maximum atomic E-state index is 12.3. The zero-order chi connectivity index (χ0) is 20.0. The van der Waals surface area contributed by atoms with E-state index in [1.807, 2.05) is 6.07 Å². The van der Waals surface area contributed by atoms with Crippen LogP contribution in [0.15, 0.2) is 36.4 Å². The molecule has 1 aliphatic heterocycles. The molecule has 0 radical (unpaired) electrons. The summed E-state index contributed by atoms with van der Waals surface area (Å²) in [7, 11) is 0. The van der Waals surface area contributed by atoms with Gasteiger partial charge in [0.25, 0.3) is 0 Å². The van der Waals surface area contributed by atoms with E-state index in [0.717, 1.165) is 0 Å². The fourth-order valence-corrected chi connectivity index (χ4v) is 2.57. The van der Waals surface area contributed by atoms with Crippen LogP contribution in [0, 0.1) is 11.3 Å². The lowest BCUT2D eigenvalue weighted by atomic mass is 10.0. The lowest BCUT2D eigenvalue weighted by Gasteiger charge is -2.35. The number of carbonyl (C=O) groups is 3. The zero-order valence-electron chi connectivity index (χ0n) is 15.8. The Kier molecular flexibility index (Phi) is 6.35. The number of ketones is 1. The number of ether oxygens (including phenoxy) is 1. The van der Waals surface area contributed by atoms with Crippen LogP contribution in [0.2, 0.25) is 0 Å². The van der Waals surface area contributed by atoms with Gasteiger partial charge in [-0.05, 0) is 39.0 Å². The van der Waals surface area contributed by atoms with Gasteiger partial charge in [0.2, 0.25) is 5.91 Å². The number of nitrogens with zero attached hydrogens (tertiary/aromatic N) is 3. The molecule has 0 bridgehead atoms. The molecule has 0 aromatic heterocycles. The first kappa shape index (κ1) is 20.2. The van der Waals surface area contributed by atoms with E-state index < -0.39 is 17.5 Å². The van der Waals surface area contributed by atoms with E-state index in [0.29, 0.717) is 26.2 Å². The van der Waals surface area contributed by atoms with Gasteiger partial charge in [0, 0.05) is 37.8 Å². The second kappa shape index (κ2) is 8.49. The number of hydrogen-bond acceptors (Lipinski definition) is 5. The molecule has 27 heavy (non-hydrogen) atoms. The Labute approximate surface area is 158 Å². The van der Waals surface area contributed by atoms with E-state index in [1.165, 1.54) is 12.2 Å². The number of nitriles is 1. The third kappa shape index (κ3) is 5.68. The first-order valence-corrected chi connectivity index (χ1v) is 8.69. The number of carbonyl (C=O) groups excluding carboxylic acids is 3. The topological polar surface area (TPSA) is 90.7 Å². The van der Waals surface area contributed by atoms with Crippen molar-refractivity contribution in [1.29, 1.82) is 5.26 Å². The molecule has 0 atom stereocenters. The van der Waals surface area contributed by atoms with E-state index in [2.05, 4.69) is 0 Å². The summed E-state index contributed by atoms with van der Waals surface area (Å²) in [6, 6.07) is 8.41. The van der Waals surface area contributed by atoms with Crippen LogP contribution >= 0.6 is 0 Å². The van der Waals surface area contributed by atoms with E-state index in [4.69, 9.17) is 10.00 Å². The third-order valence-electron chi connectivity index (χ3n) is 3.93. The number of allylic oxidation sites excluding steroid dienone is 1. The van der Waals surface area contributed by atoms with Crippen molar-refractivity contribution >= 4 is 17.8 Å². The second-order valence-corrected chi connectivity index (χ2v) is 7.15. The van der Waals surface area contributed by atoms with Crippen molar-refractivity contribution in [3.63, 3.8) is 0 Å². The quantitative estimate of drug-likeness (QED) is 0.603. The van der Waals surface area contributed by atoms with Gasteiger partial charge in [-0.2, -0.15) is 5.26 Å². The van der Waals surface area contributed by atoms with Gasteiger partial charge in [-0.3, -0.25) is 9.59 Å². The summed E-state index contributed by atoms with van der Waals surface area (Å²) >= 11 is 0. The van der Waals surface area contributed by atoms with E-state index in [-0.39, 0.29) is 17.0 Å². The van der Waals surface area contributed by atoms with E-state index in [1.54, 1.807) is 54.8 Å². The lowest BCUT2D eigenvalue weighted by Crippen LogP contribution is -2.51. The molecule has 7 heteroatoms. The molecule has 7 nitrogen and oxygen atoms in total. The summed E-state index contributed by atoms with van der Waals surface area (Å²) in [6.07, 6.45) is 1.99. The molecule has 1 aliphatic rings. The highest BCUT2D eigenvalue weighted by Gasteiger charge is 2.27. The fraction of sp³-hybridized carbons (Fsp3) is 0.400. The molecular formula is C20H23N3O4. The molecule has 0 spiro atoms. The molecule has 2 rings (SSSR count). The SMILES string of the molecule is CC(C)(C)OC(=O)N1CCN(C(=O)/C=C/C(=O)c2ccccc2C#N)CC1. The highest BCUT2D eigenvalue weighted by atomic mass is 16.6. The van der Waals surface area contributed by atoms with Crippen LogP contribution in [-0.4, -0.2) is 59.4 Å². The van der Waals surface area contributed by atoms with Gasteiger partial charge >= 0.3 is 6.09 Å². The van der Waals surface area contributed by atoms with Gasteiger partial charge in [-0.25, -0.2) is 4.79 Å². The molecule has 1 aromatic carbocycles. The predicted octanol–water partition coefficient (Wildman–Crippen LogP) is 2.38. The molecule has 0 saturated carbocycles. The standard InChI is InChI=1S/C20H23N3O4/c1-20(2,3)27-19(26)23-12-10-22(11-13-23)18(25)9-8-17(24)16-7-5-4-6-15(16)14-21/h4-9H,10-13H2,1-3H3/b9-8+. The molecule has 1 saturated heterocycles. The summed E-state index contributed by atoms with van der Waals surface area (Å²) in [5, 5.41) is 9.04. The lowest BCUT2D eigenvalue weighted by molar-refractivity contribution is -0.127. The third-order valence-corrected chi connectivity index (χ3v) is 3.93. The van der Waals surface area contributed by atoms with E-state index >= 15 is 0 Å². The monoisotopic (exact) mass is 369 g/mol. The Morgan fingerprint density at radius 1 is 1.04 bits per heavy atom. The number of piperazine rings is 1. The first-order chi connectivity index (χ1) is 12.7. The summed E-state index contributed by atoms with van der Waals surface area (Å²) in [5.41, 5.74) is -0.0308. The summed E-state index contributed by atoms with van der Waals surface area (Å²) in [6.45, 7) is 6.89. The number of rotatable bonds is 3. The molecular weight excluding hydrogens is 346 g/mol. The normalized spacial score (nSPS) is 14.7. The Balaban J connectivity index is 1.91. The van der Waals surface area contributed by atoms with Crippen LogP contribution < -0.4 is 0 Å². The van der Waals surface area contributed by atoms with Crippen molar-refractivity contribution in [2.75, 3.05) is 26.2 Å². The minimum Gasteiger partial charge on any atom is -0.444 e. The molecule has 1 aromatic rings. The largest absolute Gasteiger partial charge is 0.444 e. The molecule has 2 amide bonds. The zero-order valence-corrected chi connectivity index (χ0v) is 15.8. The highest BCUT2D eigenvalue weighted by Crippen LogP contribution is 2.12. The van der Waals surface area contributed by atoms with Crippen LogP contribution in [0.5, 0.6) is 0 Å². The van der Waals surface area contributed by atoms with E-state index in [9.17, 15) is 14.4 Å². The maximum Gasteiger partial charge on any atom is 0.410 e. The molecule has 1 heterocycles. The maximum absolute atomic E-state index is 12.3. The predicted molar refractivity (Wildman–Crippen MR) is 99.0 cm³/mol. The van der Waals surface area contributed by atoms with Gasteiger partial charge in [0.15, 0.2) is 5.78 Å². The molecule has 142 valence electrons. The van der Waals surface area contributed by atoms with Crippen molar-refractivity contribution in [2.24, 2.45) is 0 Å². The van der Waals surface area contributed by atoms with Gasteiger partial charge < -0.3 is 14.5 Å². The molecule has 0 unspecified atom stereocenters. The van der Waals surface area contributed by atoms with Crippen LogP contribution in [0.3, 0.4) is 0 Å². The average molecular weight is 369 g/mol. The second-order valence-electron chi connectivity index (χ2n) is 7.15. The Morgan fingerprint density at radius 3 is 2.22 bits per heavy atom. The van der Waals surface area contributed by atoms with Gasteiger partial charge in [-0.15, -0.1) is 0 Å². The smallest absolute Gasteiger partial charge is 0.410 e. The van der Waals surface area contributed by atoms with Crippen LogP contribution in [0.25, 0.3) is 0 Å². The summed E-state index contributed by atoms with van der Waals surface area (Å²) in [4.78, 5) is 39.7. The fourth-order valence-electron chi connectivity index (χ4n) is 2.57. The Morgan fingerprint density at radius 2 is 1.63 bits per heavy atom. The Hall–Kier alpha value is -3.14. The van der Waals surface area contributed by atoms with Gasteiger partial charge in [0.1, 0.15) is 5.60 Å². The first-order valence-electron chi connectivity index (χ1n) is 8.69. The van der Waals surface area contributed by atoms with Crippen molar-refractivity contribution in [3.05, 3.63) is 47.5 Å². The van der Waals surface area contributed by atoms with Crippen molar-refractivity contribution in [1.82, 2.24) is 9.80 Å². The summed E-state index contributed by atoms with van der Waals surface area (Å²) in [5.74, 6) is -0.700. The van der Waals surface area contributed by atoms with Gasteiger partial charge in [-0.1, -0.05) is 12.1 Å². The van der Waals surface area contributed by atoms with Crippen LogP contribution in [0.4, 0.5) is 4.79 Å². The number of benzene rings is 1. The number of amides is 2. The van der Waals surface area contributed by atoms with Crippen LogP contribution in [-0.2, 0) is 9.53 Å². The van der Waals surface area contributed by atoms with Crippen LogP contribution in [0.1, 0.15) is 36.7 Å². The summed E-state index contributed by atoms with van der Waals surface area (Å²) < 4.78 is 5.32. The van der Waals surface area contributed by atoms with Crippen molar-refractivity contribution in [3.8, 4) is 6.07 Å². The minimum atomic E-state index is -0.563. The highest BCUT2D eigenvalue weighted by molar-refractivity contribution is 6.08.